The maximum Gasteiger partial charge on any atom is 0.0283 e. The SMILES string of the molecule is C=CCN(CC=C)CC(C)(N)C1CC1. The lowest BCUT2D eigenvalue weighted by molar-refractivity contribution is 0.237. The van der Waals surface area contributed by atoms with E-state index in [9.17, 15) is 0 Å². The van der Waals surface area contributed by atoms with E-state index in [1.165, 1.54) is 12.8 Å². The average molecular weight is 194 g/mol. The van der Waals surface area contributed by atoms with Crippen LogP contribution in [-0.4, -0.2) is 30.1 Å². The fourth-order valence-electron chi connectivity index (χ4n) is 1.92. The van der Waals surface area contributed by atoms with E-state index in [1.54, 1.807) is 0 Å². The summed E-state index contributed by atoms with van der Waals surface area (Å²) in [4.78, 5) is 2.29. The van der Waals surface area contributed by atoms with Crippen LogP contribution in [0.25, 0.3) is 0 Å². The van der Waals surface area contributed by atoms with Crippen LogP contribution < -0.4 is 5.73 Å². The molecule has 0 aromatic carbocycles. The van der Waals surface area contributed by atoms with E-state index in [2.05, 4.69) is 25.0 Å². The molecule has 2 heteroatoms. The predicted octanol–water partition coefficient (Wildman–Crippen LogP) is 1.79. The molecule has 0 spiro atoms. The van der Waals surface area contributed by atoms with E-state index in [4.69, 9.17) is 5.73 Å². The van der Waals surface area contributed by atoms with Gasteiger partial charge in [0.05, 0.1) is 0 Å². The molecule has 1 atom stereocenters. The minimum absolute atomic E-state index is 0.0357. The van der Waals surface area contributed by atoms with E-state index in [0.717, 1.165) is 25.6 Å². The summed E-state index contributed by atoms with van der Waals surface area (Å²) in [5.74, 6) is 0.722. The van der Waals surface area contributed by atoms with Crippen LogP contribution >= 0.6 is 0 Å². The Morgan fingerprint density at radius 3 is 2.21 bits per heavy atom. The number of nitrogens with zero attached hydrogens (tertiary/aromatic N) is 1. The molecule has 0 heterocycles. The van der Waals surface area contributed by atoms with Crippen LogP contribution in [0.3, 0.4) is 0 Å². The highest BCUT2D eigenvalue weighted by molar-refractivity contribution is 4.98. The van der Waals surface area contributed by atoms with Crippen LogP contribution in [0.2, 0.25) is 0 Å². The first-order chi connectivity index (χ1) is 6.60. The molecule has 1 saturated carbocycles. The Labute approximate surface area is 87.5 Å². The summed E-state index contributed by atoms with van der Waals surface area (Å²) in [6.07, 6.45) is 6.44. The molecule has 14 heavy (non-hydrogen) atoms. The van der Waals surface area contributed by atoms with Gasteiger partial charge in [-0.1, -0.05) is 12.2 Å². The highest BCUT2D eigenvalue weighted by Crippen LogP contribution is 2.38. The zero-order chi connectivity index (χ0) is 10.6. The maximum atomic E-state index is 6.27. The van der Waals surface area contributed by atoms with Gasteiger partial charge in [0.1, 0.15) is 0 Å². The van der Waals surface area contributed by atoms with Crippen molar-refractivity contribution < 1.29 is 0 Å². The van der Waals surface area contributed by atoms with Crippen LogP contribution in [0.15, 0.2) is 25.3 Å². The Hall–Kier alpha value is -0.600. The number of nitrogens with two attached hydrogens (primary N) is 1. The molecule has 0 aromatic rings. The van der Waals surface area contributed by atoms with Crippen molar-refractivity contribution in [2.45, 2.75) is 25.3 Å². The van der Waals surface area contributed by atoms with Crippen LogP contribution in [0.1, 0.15) is 19.8 Å². The van der Waals surface area contributed by atoms with E-state index >= 15 is 0 Å². The molecule has 0 bridgehead atoms. The predicted molar refractivity (Wildman–Crippen MR) is 62.2 cm³/mol. The van der Waals surface area contributed by atoms with Crippen molar-refractivity contribution in [3.05, 3.63) is 25.3 Å². The summed E-state index contributed by atoms with van der Waals surface area (Å²) >= 11 is 0. The fraction of sp³-hybridized carbons (Fsp3) is 0.667. The van der Waals surface area contributed by atoms with Crippen molar-refractivity contribution in [1.29, 1.82) is 0 Å². The highest BCUT2D eigenvalue weighted by atomic mass is 15.1. The largest absolute Gasteiger partial charge is 0.324 e. The van der Waals surface area contributed by atoms with Crippen molar-refractivity contribution in [3.63, 3.8) is 0 Å². The second kappa shape index (κ2) is 4.76. The Bertz CT molecular complexity index is 194. The van der Waals surface area contributed by atoms with Gasteiger partial charge in [-0.05, 0) is 25.7 Å². The van der Waals surface area contributed by atoms with Gasteiger partial charge in [-0.15, -0.1) is 13.2 Å². The Balaban J connectivity index is 2.43. The van der Waals surface area contributed by atoms with Crippen LogP contribution in [0.4, 0.5) is 0 Å². The normalized spacial score (nSPS) is 20.5. The van der Waals surface area contributed by atoms with Crippen molar-refractivity contribution in [3.8, 4) is 0 Å². The summed E-state index contributed by atoms with van der Waals surface area (Å²) in [6, 6.07) is 0. The standard InChI is InChI=1S/C12H22N2/c1-4-8-14(9-5-2)10-12(3,13)11-6-7-11/h4-5,11H,1-2,6-10,13H2,3H3. The third-order valence-electron chi connectivity index (χ3n) is 2.85. The first-order valence-electron chi connectivity index (χ1n) is 5.33. The second-order valence-electron chi connectivity index (χ2n) is 4.55. The first kappa shape index (κ1) is 11.5. The van der Waals surface area contributed by atoms with Gasteiger partial charge in [0.25, 0.3) is 0 Å². The van der Waals surface area contributed by atoms with Crippen molar-refractivity contribution in [2.75, 3.05) is 19.6 Å². The number of hydrogen-bond donors (Lipinski definition) is 1. The van der Waals surface area contributed by atoms with Crippen LogP contribution in [0, 0.1) is 5.92 Å². The van der Waals surface area contributed by atoms with Gasteiger partial charge in [-0.3, -0.25) is 4.90 Å². The van der Waals surface area contributed by atoms with Gasteiger partial charge in [0.2, 0.25) is 0 Å². The quantitative estimate of drug-likeness (QED) is 0.626. The van der Waals surface area contributed by atoms with E-state index in [0.29, 0.717) is 0 Å². The minimum atomic E-state index is -0.0357. The molecular weight excluding hydrogens is 172 g/mol. The molecule has 2 N–H and O–H groups in total. The van der Waals surface area contributed by atoms with Gasteiger partial charge in [-0.2, -0.15) is 0 Å². The van der Waals surface area contributed by atoms with Gasteiger partial charge < -0.3 is 5.73 Å². The lowest BCUT2D eigenvalue weighted by Gasteiger charge is -2.31. The van der Waals surface area contributed by atoms with Crippen LogP contribution in [0.5, 0.6) is 0 Å². The zero-order valence-electron chi connectivity index (χ0n) is 9.21. The van der Waals surface area contributed by atoms with Crippen molar-refractivity contribution >= 4 is 0 Å². The minimum Gasteiger partial charge on any atom is -0.324 e. The Morgan fingerprint density at radius 2 is 1.86 bits per heavy atom. The van der Waals surface area contributed by atoms with Crippen LogP contribution in [-0.2, 0) is 0 Å². The molecular formula is C12H22N2. The highest BCUT2D eigenvalue weighted by Gasteiger charge is 2.38. The third-order valence-corrected chi connectivity index (χ3v) is 2.85. The average Bonchev–Trinajstić information content (AvgIpc) is 2.86. The number of hydrogen-bond acceptors (Lipinski definition) is 2. The van der Waals surface area contributed by atoms with E-state index in [1.807, 2.05) is 12.2 Å². The molecule has 1 rings (SSSR count). The zero-order valence-corrected chi connectivity index (χ0v) is 9.21. The van der Waals surface area contributed by atoms with E-state index in [-0.39, 0.29) is 5.54 Å². The summed E-state index contributed by atoms with van der Waals surface area (Å²) in [5, 5.41) is 0. The molecule has 0 amide bonds. The monoisotopic (exact) mass is 194 g/mol. The number of rotatable bonds is 7. The molecule has 0 aromatic heterocycles. The van der Waals surface area contributed by atoms with Crippen molar-refractivity contribution in [2.24, 2.45) is 11.7 Å². The molecule has 1 unspecified atom stereocenters. The van der Waals surface area contributed by atoms with Gasteiger partial charge in [0, 0.05) is 25.2 Å². The summed E-state index contributed by atoms with van der Waals surface area (Å²) < 4.78 is 0. The molecule has 0 radical (unpaired) electrons. The van der Waals surface area contributed by atoms with E-state index < -0.39 is 0 Å². The summed E-state index contributed by atoms with van der Waals surface area (Å²) in [7, 11) is 0. The maximum absolute atomic E-state index is 6.27. The first-order valence-corrected chi connectivity index (χ1v) is 5.33. The Morgan fingerprint density at radius 1 is 1.36 bits per heavy atom. The third kappa shape index (κ3) is 3.28. The smallest absolute Gasteiger partial charge is 0.0283 e. The lowest BCUT2D eigenvalue weighted by atomic mass is 9.96. The molecule has 0 saturated heterocycles. The summed E-state index contributed by atoms with van der Waals surface area (Å²) in [6.45, 7) is 12.4. The molecule has 1 aliphatic rings. The molecule has 1 aliphatic carbocycles. The summed E-state index contributed by atoms with van der Waals surface area (Å²) in [5.41, 5.74) is 6.24. The van der Waals surface area contributed by atoms with Crippen molar-refractivity contribution in [1.82, 2.24) is 4.90 Å². The topological polar surface area (TPSA) is 29.3 Å². The molecule has 2 nitrogen and oxygen atoms in total. The Kier molecular flexibility index (Phi) is 3.90. The molecule has 0 aliphatic heterocycles. The lowest BCUT2D eigenvalue weighted by Crippen LogP contribution is -2.49. The fourth-order valence-corrected chi connectivity index (χ4v) is 1.92. The van der Waals surface area contributed by atoms with Gasteiger partial charge >= 0.3 is 0 Å². The second-order valence-corrected chi connectivity index (χ2v) is 4.55. The molecule has 80 valence electrons. The van der Waals surface area contributed by atoms with Gasteiger partial charge in [0.15, 0.2) is 0 Å². The molecule has 1 fully saturated rings. The van der Waals surface area contributed by atoms with Gasteiger partial charge in [-0.25, -0.2) is 0 Å².